The number of rotatable bonds is 7. The van der Waals surface area contributed by atoms with E-state index < -0.39 is 5.60 Å². The summed E-state index contributed by atoms with van der Waals surface area (Å²) in [5, 5.41) is 9.39. The summed E-state index contributed by atoms with van der Waals surface area (Å²) in [5.41, 5.74) is -0.545. The third kappa shape index (κ3) is 11.4. The average Bonchev–Trinajstić information content (AvgIpc) is 2.01. The monoisotopic (exact) mass is 184 g/mol. The molecule has 0 atom stereocenters. The van der Waals surface area contributed by atoms with Crippen LogP contribution in [0.2, 0.25) is 0 Å². The van der Waals surface area contributed by atoms with Gasteiger partial charge < -0.3 is 9.90 Å². The number of carbonyl (C=O) groups excluding carboxylic acids is 1. The van der Waals surface area contributed by atoms with Crippen LogP contribution in [0.1, 0.15) is 46.0 Å². The molecule has 0 unspecified atom stereocenters. The Hall–Kier alpha value is -0.630. The molecule has 13 heavy (non-hydrogen) atoms. The molecule has 0 amide bonds. The summed E-state index contributed by atoms with van der Waals surface area (Å²) < 4.78 is 0. The molecule has 0 saturated heterocycles. The summed E-state index contributed by atoms with van der Waals surface area (Å²) >= 11 is 0. The highest BCUT2D eigenvalue weighted by Gasteiger charge is 2.10. The number of hydrogen-bond acceptors (Lipinski definition) is 2. The van der Waals surface area contributed by atoms with Gasteiger partial charge in [0.25, 0.3) is 0 Å². The fourth-order valence-corrected chi connectivity index (χ4v) is 1.05. The third-order valence-corrected chi connectivity index (χ3v) is 1.78. The lowest BCUT2D eigenvalue weighted by Crippen LogP contribution is -2.17. The normalized spacial score (nSPS) is 12.2. The molecule has 0 heterocycles. The van der Waals surface area contributed by atoms with Gasteiger partial charge in [-0.1, -0.05) is 12.2 Å². The van der Waals surface area contributed by atoms with Crippen molar-refractivity contribution in [2.75, 3.05) is 0 Å². The Morgan fingerprint density at radius 2 is 1.77 bits per heavy atom. The second kappa shape index (κ2) is 6.84. The van der Waals surface area contributed by atoms with Gasteiger partial charge in [0.1, 0.15) is 6.29 Å². The van der Waals surface area contributed by atoms with Crippen molar-refractivity contribution >= 4 is 6.29 Å². The van der Waals surface area contributed by atoms with Crippen LogP contribution in [-0.4, -0.2) is 17.0 Å². The Labute approximate surface area is 80.7 Å². The first-order valence-corrected chi connectivity index (χ1v) is 4.87. The molecule has 0 aromatic rings. The number of aliphatic hydroxyl groups is 1. The Morgan fingerprint density at radius 1 is 1.15 bits per heavy atom. The fourth-order valence-electron chi connectivity index (χ4n) is 1.05. The molecule has 0 radical (unpaired) electrons. The molecule has 0 spiro atoms. The molecule has 0 aliphatic rings. The minimum Gasteiger partial charge on any atom is -0.390 e. The van der Waals surface area contributed by atoms with E-state index in [9.17, 15) is 9.90 Å². The van der Waals surface area contributed by atoms with Crippen molar-refractivity contribution in [1.82, 2.24) is 0 Å². The van der Waals surface area contributed by atoms with Gasteiger partial charge in [-0.3, -0.25) is 0 Å². The molecule has 2 nitrogen and oxygen atoms in total. The molecule has 0 rings (SSSR count). The van der Waals surface area contributed by atoms with Crippen molar-refractivity contribution in [3.05, 3.63) is 12.2 Å². The molecule has 0 aromatic heterocycles. The van der Waals surface area contributed by atoms with Gasteiger partial charge in [-0.25, -0.2) is 0 Å². The van der Waals surface area contributed by atoms with E-state index in [2.05, 4.69) is 6.08 Å². The maximum atomic E-state index is 9.96. The van der Waals surface area contributed by atoms with Crippen molar-refractivity contribution in [2.45, 2.75) is 51.6 Å². The first-order valence-electron chi connectivity index (χ1n) is 4.87. The Morgan fingerprint density at radius 3 is 2.31 bits per heavy atom. The molecular weight excluding hydrogens is 164 g/mol. The van der Waals surface area contributed by atoms with Crippen LogP contribution in [0.3, 0.4) is 0 Å². The second-order valence-corrected chi connectivity index (χ2v) is 3.92. The number of hydrogen-bond donors (Lipinski definition) is 1. The zero-order chi connectivity index (χ0) is 10.2. The molecule has 0 aromatic carbocycles. The van der Waals surface area contributed by atoms with Crippen molar-refractivity contribution in [1.29, 1.82) is 0 Å². The van der Waals surface area contributed by atoms with E-state index in [1.165, 1.54) is 0 Å². The van der Waals surface area contributed by atoms with Gasteiger partial charge in [-0.15, -0.1) is 0 Å². The van der Waals surface area contributed by atoms with Crippen LogP contribution in [0, 0.1) is 0 Å². The quantitative estimate of drug-likeness (QED) is 0.375. The Kier molecular flexibility index (Phi) is 6.51. The van der Waals surface area contributed by atoms with E-state index in [1.807, 2.05) is 19.9 Å². The lowest BCUT2D eigenvalue weighted by molar-refractivity contribution is -0.107. The summed E-state index contributed by atoms with van der Waals surface area (Å²) in [4.78, 5) is 9.96. The largest absolute Gasteiger partial charge is 0.390 e. The summed E-state index contributed by atoms with van der Waals surface area (Å²) in [7, 11) is 0. The highest BCUT2D eigenvalue weighted by atomic mass is 16.3. The Bertz CT molecular complexity index is 154. The predicted octanol–water partition coefficient (Wildman–Crippen LogP) is 2.46. The van der Waals surface area contributed by atoms with E-state index in [-0.39, 0.29) is 0 Å². The molecule has 76 valence electrons. The van der Waals surface area contributed by atoms with E-state index in [0.29, 0.717) is 6.42 Å². The summed E-state index contributed by atoms with van der Waals surface area (Å²) in [6, 6.07) is 0. The molecule has 0 bridgehead atoms. The van der Waals surface area contributed by atoms with Gasteiger partial charge in [-0.2, -0.15) is 0 Å². The minimum atomic E-state index is -0.545. The molecule has 0 fully saturated rings. The van der Waals surface area contributed by atoms with Crippen molar-refractivity contribution < 1.29 is 9.90 Å². The number of carbonyl (C=O) groups is 1. The van der Waals surface area contributed by atoms with Crippen LogP contribution in [-0.2, 0) is 4.79 Å². The van der Waals surface area contributed by atoms with Gasteiger partial charge >= 0.3 is 0 Å². The first kappa shape index (κ1) is 12.4. The van der Waals surface area contributed by atoms with Crippen molar-refractivity contribution in [3.63, 3.8) is 0 Å². The molecule has 0 saturated carbocycles. The molecule has 0 aliphatic carbocycles. The standard InChI is InChI=1S/C11H20O2/c1-11(2,13)9-7-5-3-4-6-8-10-12/h3-4,10,13H,5-9H2,1-2H3. The highest BCUT2D eigenvalue weighted by Crippen LogP contribution is 2.12. The van der Waals surface area contributed by atoms with Gasteiger partial charge in [0.2, 0.25) is 0 Å². The predicted molar refractivity (Wildman–Crippen MR) is 54.6 cm³/mol. The van der Waals surface area contributed by atoms with E-state index >= 15 is 0 Å². The first-order chi connectivity index (χ1) is 6.06. The lowest BCUT2D eigenvalue weighted by atomic mass is 10.0. The molecule has 1 N–H and O–H groups in total. The zero-order valence-electron chi connectivity index (χ0n) is 8.62. The second-order valence-electron chi connectivity index (χ2n) is 3.92. The van der Waals surface area contributed by atoms with E-state index in [0.717, 1.165) is 32.0 Å². The number of aldehydes is 1. The summed E-state index contributed by atoms with van der Waals surface area (Å²) in [5.74, 6) is 0. The van der Waals surface area contributed by atoms with Crippen LogP contribution in [0.4, 0.5) is 0 Å². The zero-order valence-corrected chi connectivity index (χ0v) is 8.62. The van der Waals surface area contributed by atoms with Crippen molar-refractivity contribution in [3.8, 4) is 0 Å². The average molecular weight is 184 g/mol. The maximum Gasteiger partial charge on any atom is 0.120 e. The number of unbranched alkanes of at least 4 members (excludes halogenated alkanes) is 2. The topological polar surface area (TPSA) is 37.3 Å². The summed E-state index contributed by atoms with van der Waals surface area (Å²) in [6.07, 6.45) is 9.30. The van der Waals surface area contributed by atoms with Crippen LogP contribution in [0.25, 0.3) is 0 Å². The number of allylic oxidation sites excluding steroid dienone is 2. The van der Waals surface area contributed by atoms with Crippen molar-refractivity contribution in [2.24, 2.45) is 0 Å². The maximum absolute atomic E-state index is 9.96. The summed E-state index contributed by atoms with van der Waals surface area (Å²) in [6.45, 7) is 3.65. The van der Waals surface area contributed by atoms with Crippen LogP contribution in [0.15, 0.2) is 12.2 Å². The van der Waals surface area contributed by atoms with Crippen LogP contribution in [0.5, 0.6) is 0 Å². The molecule has 0 aliphatic heterocycles. The minimum absolute atomic E-state index is 0.545. The Balaban J connectivity index is 3.25. The van der Waals surface area contributed by atoms with Gasteiger partial charge in [-0.05, 0) is 39.5 Å². The highest BCUT2D eigenvalue weighted by molar-refractivity contribution is 5.49. The van der Waals surface area contributed by atoms with Gasteiger partial charge in [0.15, 0.2) is 0 Å². The van der Waals surface area contributed by atoms with Crippen LogP contribution >= 0.6 is 0 Å². The van der Waals surface area contributed by atoms with Crippen LogP contribution < -0.4 is 0 Å². The SMILES string of the molecule is CC(C)(O)CCCC=CCCC=O. The molecule has 2 heteroatoms. The molecular formula is C11H20O2. The lowest BCUT2D eigenvalue weighted by Gasteiger charge is -2.15. The van der Waals surface area contributed by atoms with Gasteiger partial charge in [0, 0.05) is 6.42 Å². The fraction of sp³-hybridized carbons (Fsp3) is 0.727. The van der Waals surface area contributed by atoms with E-state index in [4.69, 9.17) is 0 Å². The third-order valence-electron chi connectivity index (χ3n) is 1.78. The smallest absolute Gasteiger partial charge is 0.120 e. The van der Waals surface area contributed by atoms with E-state index in [1.54, 1.807) is 0 Å². The van der Waals surface area contributed by atoms with Gasteiger partial charge in [0.05, 0.1) is 5.60 Å².